The SMILES string of the molecule is CC[N+]1=C(N/N=C/c2ccccc2)N=C2C1C(=O)N(C)C(=O)N2C. The minimum absolute atomic E-state index is 0.289. The third kappa shape index (κ3) is 2.55. The van der Waals surface area contributed by atoms with Gasteiger partial charge in [0.2, 0.25) is 11.9 Å². The molecule has 2 aliphatic rings. The number of urea groups is 1. The summed E-state index contributed by atoms with van der Waals surface area (Å²) in [5.74, 6) is 0.581. The van der Waals surface area contributed by atoms with Crippen molar-refractivity contribution in [2.45, 2.75) is 13.0 Å². The number of hydrogen-bond acceptors (Lipinski definition) is 5. The lowest BCUT2D eigenvalue weighted by Gasteiger charge is -2.31. The van der Waals surface area contributed by atoms with E-state index in [1.165, 1.54) is 11.9 Å². The Labute approximate surface area is 139 Å². The summed E-state index contributed by atoms with van der Waals surface area (Å²) in [4.78, 5) is 31.4. The Hall–Kier alpha value is -3.03. The quantitative estimate of drug-likeness (QED) is 0.493. The summed E-state index contributed by atoms with van der Waals surface area (Å²) in [6.45, 7) is 2.48. The molecule has 24 heavy (non-hydrogen) atoms. The zero-order valence-electron chi connectivity index (χ0n) is 13.8. The van der Waals surface area contributed by atoms with Crippen LogP contribution in [-0.4, -0.2) is 71.0 Å². The first-order chi connectivity index (χ1) is 11.5. The van der Waals surface area contributed by atoms with Crippen LogP contribution in [0.25, 0.3) is 0 Å². The second kappa shape index (κ2) is 6.23. The van der Waals surface area contributed by atoms with Crippen molar-refractivity contribution in [2.75, 3.05) is 20.6 Å². The molecule has 3 rings (SSSR count). The number of guanidine groups is 1. The number of aliphatic imine (C=N–C) groups is 1. The fourth-order valence-corrected chi connectivity index (χ4v) is 2.72. The van der Waals surface area contributed by atoms with Crippen molar-refractivity contribution in [1.82, 2.24) is 15.2 Å². The smallest absolute Gasteiger partial charge is 0.270 e. The van der Waals surface area contributed by atoms with Crippen LogP contribution in [0.3, 0.4) is 0 Å². The lowest BCUT2D eigenvalue weighted by atomic mass is 10.1. The van der Waals surface area contributed by atoms with E-state index in [0.717, 1.165) is 10.5 Å². The molecule has 1 aromatic rings. The second-order valence-corrected chi connectivity index (χ2v) is 5.50. The third-order valence-corrected chi connectivity index (χ3v) is 4.05. The Balaban J connectivity index is 1.86. The molecular formula is C16H19N6O2+. The predicted octanol–water partition coefficient (Wildman–Crippen LogP) is 0.303. The Bertz CT molecular complexity index is 768. The van der Waals surface area contributed by atoms with E-state index in [2.05, 4.69) is 15.5 Å². The maximum absolute atomic E-state index is 12.4. The molecule has 1 unspecified atom stereocenters. The van der Waals surface area contributed by atoms with Crippen LogP contribution in [0.5, 0.6) is 0 Å². The van der Waals surface area contributed by atoms with Crippen molar-refractivity contribution < 1.29 is 14.2 Å². The van der Waals surface area contributed by atoms with Crippen LogP contribution >= 0.6 is 0 Å². The first-order valence-corrected chi connectivity index (χ1v) is 7.66. The van der Waals surface area contributed by atoms with E-state index >= 15 is 0 Å². The number of carbonyl (C=O) groups is 2. The number of nitrogens with one attached hydrogen (secondary N) is 1. The largest absolute Gasteiger partial charge is 0.413 e. The van der Waals surface area contributed by atoms with Crippen molar-refractivity contribution in [3.05, 3.63) is 35.9 Å². The monoisotopic (exact) mass is 327 g/mol. The molecule has 0 aromatic heterocycles. The van der Waals surface area contributed by atoms with Crippen LogP contribution in [0.15, 0.2) is 40.4 Å². The number of nitrogens with zero attached hydrogens (tertiary/aromatic N) is 5. The van der Waals surface area contributed by atoms with E-state index in [1.807, 2.05) is 37.3 Å². The molecule has 1 aromatic carbocycles. The van der Waals surface area contributed by atoms with E-state index in [9.17, 15) is 9.59 Å². The third-order valence-electron chi connectivity index (χ3n) is 4.05. The highest BCUT2D eigenvalue weighted by molar-refractivity contribution is 6.22. The lowest BCUT2D eigenvalue weighted by molar-refractivity contribution is -0.533. The van der Waals surface area contributed by atoms with Gasteiger partial charge in [-0.05, 0) is 12.5 Å². The highest BCUT2D eigenvalue weighted by Gasteiger charge is 2.50. The maximum atomic E-state index is 12.4. The molecule has 2 heterocycles. The lowest BCUT2D eigenvalue weighted by Crippen LogP contribution is -2.61. The molecule has 3 amide bonds. The highest BCUT2D eigenvalue weighted by atomic mass is 16.2. The van der Waals surface area contributed by atoms with Gasteiger partial charge in [-0.1, -0.05) is 35.3 Å². The zero-order chi connectivity index (χ0) is 17.3. The van der Waals surface area contributed by atoms with E-state index in [0.29, 0.717) is 18.3 Å². The van der Waals surface area contributed by atoms with Gasteiger partial charge >= 0.3 is 12.0 Å². The molecule has 0 radical (unpaired) electrons. The van der Waals surface area contributed by atoms with E-state index in [1.54, 1.807) is 17.8 Å². The number of imide groups is 1. The summed E-state index contributed by atoms with van der Waals surface area (Å²) in [6.07, 6.45) is 1.67. The summed E-state index contributed by atoms with van der Waals surface area (Å²) in [6, 6.07) is 8.65. The van der Waals surface area contributed by atoms with Gasteiger partial charge in [0.25, 0.3) is 5.91 Å². The molecule has 0 aliphatic carbocycles. The molecule has 2 aliphatic heterocycles. The van der Waals surface area contributed by atoms with E-state index < -0.39 is 6.04 Å². The second-order valence-electron chi connectivity index (χ2n) is 5.50. The molecule has 1 fully saturated rings. The molecule has 0 bridgehead atoms. The summed E-state index contributed by atoms with van der Waals surface area (Å²) >= 11 is 0. The van der Waals surface area contributed by atoms with Crippen molar-refractivity contribution >= 4 is 29.9 Å². The number of hydrogen-bond donors (Lipinski definition) is 1. The van der Waals surface area contributed by atoms with Crippen molar-refractivity contribution in [3.8, 4) is 0 Å². The van der Waals surface area contributed by atoms with Crippen molar-refractivity contribution in [1.29, 1.82) is 0 Å². The van der Waals surface area contributed by atoms with Crippen molar-refractivity contribution in [2.24, 2.45) is 10.1 Å². The predicted molar refractivity (Wildman–Crippen MR) is 90.1 cm³/mol. The Morgan fingerprint density at radius 3 is 2.62 bits per heavy atom. The summed E-state index contributed by atoms with van der Waals surface area (Å²) in [5, 5.41) is 4.18. The fourth-order valence-electron chi connectivity index (χ4n) is 2.72. The van der Waals surface area contributed by atoms with Crippen LogP contribution < -0.4 is 5.43 Å². The van der Waals surface area contributed by atoms with Gasteiger partial charge in [-0.2, -0.15) is 5.43 Å². The van der Waals surface area contributed by atoms with Gasteiger partial charge in [-0.15, -0.1) is 5.10 Å². The average Bonchev–Trinajstić information content (AvgIpc) is 2.97. The van der Waals surface area contributed by atoms with Crippen LogP contribution in [0.2, 0.25) is 0 Å². The standard InChI is InChI=1S/C16H18N6O2/c1-4-22-12-13(20(2)16(24)21(3)14(12)23)18-15(22)19-17-10-11-8-6-5-7-9-11/h5-10,12H,4H2,1-3H3/p+1/b17-10+. The Kier molecular flexibility index (Phi) is 4.11. The molecule has 1 saturated heterocycles. The molecule has 8 heteroatoms. The Morgan fingerprint density at radius 1 is 1.25 bits per heavy atom. The average molecular weight is 327 g/mol. The number of fused-ring (bicyclic) bond motifs is 1. The molecule has 1 atom stereocenters. The molecule has 8 nitrogen and oxygen atoms in total. The zero-order valence-corrected chi connectivity index (χ0v) is 13.8. The molecule has 0 saturated carbocycles. The van der Waals surface area contributed by atoms with Gasteiger partial charge in [0, 0.05) is 14.1 Å². The van der Waals surface area contributed by atoms with Gasteiger partial charge < -0.3 is 0 Å². The van der Waals surface area contributed by atoms with Crippen LogP contribution in [0, 0.1) is 0 Å². The number of hydrazone groups is 1. The number of rotatable bonds is 3. The van der Waals surface area contributed by atoms with Gasteiger partial charge in [-0.3, -0.25) is 14.6 Å². The molecule has 124 valence electrons. The first kappa shape index (κ1) is 15.9. The number of amides is 3. The van der Waals surface area contributed by atoms with Crippen LogP contribution in [0.1, 0.15) is 12.5 Å². The van der Waals surface area contributed by atoms with Gasteiger partial charge in [0.1, 0.15) is 0 Å². The summed E-state index contributed by atoms with van der Waals surface area (Å²) in [5.41, 5.74) is 3.82. The summed E-state index contributed by atoms with van der Waals surface area (Å²) in [7, 11) is 3.09. The fraction of sp³-hybridized carbons (Fsp3) is 0.312. The number of likely N-dealkylation sites (N-methyl/N-ethyl adjacent to an activating group) is 3. The topological polar surface area (TPSA) is 80.4 Å². The first-order valence-electron chi connectivity index (χ1n) is 7.66. The maximum Gasteiger partial charge on any atom is 0.413 e. The van der Waals surface area contributed by atoms with E-state index in [-0.39, 0.29) is 11.9 Å². The van der Waals surface area contributed by atoms with Crippen LogP contribution in [0.4, 0.5) is 4.79 Å². The minimum atomic E-state index is -0.600. The van der Waals surface area contributed by atoms with Crippen LogP contribution in [-0.2, 0) is 4.79 Å². The summed E-state index contributed by atoms with van der Waals surface area (Å²) < 4.78 is 1.79. The highest BCUT2D eigenvalue weighted by Crippen LogP contribution is 2.17. The van der Waals surface area contributed by atoms with Gasteiger partial charge in [0.05, 0.1) is 12.8 Å². The van der Waals surface area contributed by atoms with Gasteiger partial charge in [-0.25, -0.2) is 9.37 Å². The number of amidine groups is 1. The normalized spacial score (nSPS) is 20.8. The molecule has 1 N–H and O–H groups in total. The van der Waals surface area contributed by atoms with Gasteiger partial charge in [0.15, 0.2) is 0 Å². The van der Waals surface area contributed by atoms with Crippen molar-refractivity contribution in [3.63, 3.8) is 0 Å². The molecular weight excluding hydrogens is 308 g/mol. The number of benzene rings is 1. The Morgan fingerprint density at radius 2 is 1.96 bits per heavy atom. The van der Waals surface area contributed by atoms with E-state index in [4.69, 9.17) is 0 Å². The minimum Gasteiger partial charge on any atom is -0.270 e. The number of carbonyl (C=O) groups excluding carboxylic acids is 2. The molecule has 0 spiro atoms.